The Hall–Kier alpha value is -0.780. The van der Waals surface area contributed by atoms with Gasteiger partial charge >= 0.3 is 0 Å². The lowest BCUT2D eigenvalue weighted by molar-refractivity contribution is 0.159. The van der Waals surface area contributed by atoms with Gasteiger partial charge in [-0.3, -0.25) is 0 Å². The van der Waals surface area contributed by atoms with E-state index in [1.54, 1.807) is 5.57 Å². The van der Waals surface area contributed by atoms with Crippen molar-refractivity contribution in [3.05, 3.63) is 36.0 Å². The lowest BCUT2D eigenvalue weighted by Crippen LogP contribution is -2.25. The largest absolute Gasteiger partial charge is 0.0961 e. The normalized spacial score (nSPS) is 34.0. The molecule has 0 aromatic carbocycles. The van der Waals surface area contributed by atoms with Crippen LogP contribution in [0, 0.1) is 23.7 Å². The molecule has 0 saturated heterocycles. The highest BCUT2D eigenvalue weighted by atomic mass is 14.4. The van der Waals surface area contributed by atoms with Gasteiger partial charge in [0, 0.05) is 0 Å². The van der Waals surface area contributed by atoms with E-state index in [-0.39, 0.29) is 0 Å². The van der Waals surface area contributed by atoms with Gasteiger partial charge in [-0.05, 0) is 81.1 Å². The lowest BCUT2D eigenvalue weighted by atomic mass is 9.68. The van der Waals surface area contributed by atoms with Crippen LogP contribution in [-0.4, -0.2) is 0 Å². The highest BCUT2D eigenvalue weighted by molar-refractivity contribution is 5.27. The number of rotatable bonds is 5. The summed E-state index contributed by atoms with van der Waals surface area (Å²) in [6.45, 7) is 10.8. The van der Waals surface area contributed by atoms with Crippen molar-refractivity contribution in [2.45, 2.75) is 78.6 Å². The molecule has 0 aliphatic heterocycles. The zero-order chi connectivity index (χ0) is 15.9. The van der Waals surface area contributed by atoms with E-state index >= 15 is 0 Å². The van der Waals surface area contributed by atoms with Gasteiger partial charge in [0.25, 0.3) is 0 Å². The van der Waals surface area contributed by atoms with Crippen molar-refractivity contribution in [3.63, 3.8) is 0 Å². The van der Waals surface area contributed by atoms with Gasteiger partial charge in [-0.1, -0.05) is 57.1 Å². The van der Waals surface area contributed by atoms with Crippen molar-refractivity contribution in [1.82, 2.24) is 0 Å². The van der Waals surface area contributed by atoms with Crippen LogP contribution in [0.1, 0.15) is 78.6 Å². The molecule has 0 aromatic rings. The highest BCUT2D eigenvalue weighted by Gasteiger charge is 2.30. The third-order valence-electron chi connectivity index (χ3n) is 5.97. The van der Waals surface area contributed by atoms with Gasteiger partial charge in [-0.15, -0.1) is 0 Å². The first-order chi connectivity index (χ1) is 10.6. The first kappa shape index (κ1) is 17.6. The fourth-order valence-corrected chi connectivity index (χ4v) is 4.53. The molecule has 0 spiro atoms. The van der Waals surface area contributed by atoms with E-state index in [1.807, 2.05) is 0 Å². The zero-order valence-corrected chi connectivity index (χ0v) is 15.1. The van der Waals surface area contributed by atoms with E-state index in [2.05, 4.69) is 45.6 Å². The third kappa shape index (κ3) is 5.14. The summed E-state index contributed by atoms with van der Waals surface area (Å²) in [5.74, 6) is 3.85. The van der Waals surface area contributed by atoms with Crippen LogP contribution in [0.25, 0.3) is 0 Å². The molecule has 0 heteroatoms. The van der Waals surface area contributed by atoms with Gasteiger partial charge in [0.1, 0.15) is 0 Å². The van der Waals surface area contributed by atoms with Gasteiger partial charge in [0.05, 0.1) is 0 Å². The molecule has 0 heterocycles. The molecule has 2 saturated carbocycles. The molecule has 0 amide bonds. The molecule has 0 aromatic heterocycles. The molecule has 2 aliphatic rings. The van der Waals surface area contributed by atoms with Crippen LogP contribution >= 0.6 is 0 Å². The maximum atomic E-state index is 4.00. The monoisotopic (exact) mass is 300 g/mol. The first-order valence-corrected chi connectivity index (χ1v) is 9.63. The second-order valence-corrected chi connectivity index (χ2v) is 7.92. The molecule has 2 aliphatic carbocycles. The molecular weight excluding hydrogens is 264 g/mol. The molecule has 124 valence electrons. The van der Waals surface area contributed by atoms with Crippen LogP contribution in [0.15, 0.2) is 36.0 Å². The SMILES string of the molecule is C=C(C)/C=C\C(=C/CC)C1CCC(C2CCC(C)CC2)CC1. The predicted molar refractivity (Wildman–Crippen MR) is 98.9 cm³/mol. The summed E-state index contributed by atoms with van der Waals surface area (Å²) >= 11 is 0. The second-order valence-electron chi connectivity index (χ2n) is 7.92. The molecular formula is C22H36. The highest BCUT2D eigenvalue weighted by Crippen LogP contribution is 2.42. The van der Waals surface area contributed by atoms with Crippen LogP contribution in [-0.2, 0) is 0 Å². The average molecular weight is 301 g/mol. The van der Waals surface area contributed by atoms with Crippen molar-refractivity contribution in [2.24, 2.45) is 23.7 Å². The molecule has 0 nitrogen and oxygen atoms in total. The van der Waals surface area contributed by atoms with Crippen LogP contribution in [0.2, 0.25) is 0 Å². The summed E-state index contributed by atoms with van der Waals surface area (Å²) in [7, 11) is 0. The van der Waals surface area contributed by atoms with E-state index in [9.17, 15) is 0 Å². The minimum Gasteiger partial charge on any atom is -0.0961 e. The molecule has 22 heavy (non-hydrogen) atoms. The van der Waals surface area contributed by atoms with Crippen molar-refractivity contribution in [2.75, 3.05) is 0 Å². The van der Waals surface area contributed by atoms with Crippen LogP contribution in [0.5, 0.6) is 0 Å². The van der Waals surface area contributed by atoms with Crippen molar-refractivity contribution in [1.29, 1.82) is 0 Å². The van der Waals surface area contributed by atoms with E-state index in [0.717, 1.165) is 35.7 Å². The molecule has 0 unspecified atom stereocenters. The molecule has 2 rings (SSSR count). The lowest BCUT2D eigenvalue weighted by Gasteiger charge is -2.37. The second kappa shape index (κ2) is 8.75. The van der Waals surface area contributed by atoms with Gasteiger partial charge in [0.2, 0.25) is 0 Å². The van der Waals surface area contributed by atoms with E-state index in [0.29, 0.717) is 0 Å². The van der Waals surface area contributed by atoms with Gasteiger partial charge in [0.15, 0.2) is 0 Å². The molecule has 0 bridgehead atoms. The number of allylic oxidation sites excluding steroid dienone is 5. The number of hydrogen-bond acceptors (Lipinski definition) is 0. The molecule has 0 N–H and O–H groups in total. The van der Waals surface area contributed by atoms with Crippen molar-refractivity contribution >= 4 is 0 Å². The Balaban J connectivity index is 1.87. The van der Waals surface area contributed by atoms with Gasteiger partial charge in [-0.2, -0.15) is 0 Å². The fraction of sp³-hybridized carbons (Fsp3) is 0.727. The fourth-order valence-electron chi connectivity index (χ4n) is 4.53. The van der Waals surface area contributed by atoms with Crippen molar-refractivity contribution < 1.29 is 0 Å². The summed E-state index contributed by atoms with van der Waals surface area (Å²) in [4.78, 5) is 0. The Kier molecular flexibility index (Phi) is 6.99. The summed E-state index contributed by atoms with van der Waals surface area (Å²) in [6.07, 6.45) is 19.8. The molecule has 2 fully saturated rings. The Labute approximate surface area is 138 Å². The standard InChI is InChI=1S/C22H36/c1-5-6-19(10-7-17(2)3)21-13-15-22(16-14-21)20-11-8-18(4)9-12-20/h6-7,10,18,20-22H,2,5,8-9,11-16H2,1,3-4H3/b10-7-,19-6+. The Bertz CT molecular complexity index is 396. The smallest absolute Gasteiger partial charge is 0.0165 e. The minimum atomic E-state index is 0.800. The van der Waals surface area contributed by atoms with Gasteiger partial charge in [-0.25, -0.2) is 0 Å². The Morgan fingerprint density at radius 2 is 1.45 bits per heavy atom. The maximum absolute atomic E-state index is 4.00. The van der Waals surface area contributed by atoms with E-state index in [1.165, 1.54) is 51.4 Å². The van der Waals surface area contributed by atoms with Crippen molar-refractivity contribution in [3.8, 4) is 0 Å². The zero-order valence-electron chi connectivity index (χ0n) is 15.1. The van der Waals surface area contributed by atoms with E-state index in [4.69, 9.17) is 0 Å². The Morgan fingerprint density at radius 3 is 1.95 bits per heavy atom. The van der Waals surface area contributed by atoms with Crippen LogP contribution in [0.4, 0.5) is 0 Å². The topological polar surface area (TPSA) is 0 Å². The quantitative estimate of drug-likeness (QED) is 0.475. The van der Waals surface area contributed by atoms with Crippen LogP contribution in [0.3, 0.4) is 0 Å². The predicted octanol–water partition coefficient (Wildman–Crippen LogP) is 7.09. The first-order valence-electron chi connectivity index (χ1n) is 9.63. The minimum absolute atomic E-state index is 0.800. The Morgan fingerprint density at radius 1 is 0.909 bits per heavy atom. The summed E-state index contributed by atoms with van der Waals surface area (Å²) in [6, 6.07) is 0. The molecule has 0 atom stereocenters. The molecule has 0 radical (unpaired) electrons. The van der Waals surface area contributed by atoms with Crippen LogP contribution < -0.4 is 0 Å². The van der Waals surface area contributed by atoms with E-state index < -0.39 is 0 Å². The average Bonchev–Trinajstić information content (AvgIpc) is 2.52. The summed E-state index contributed by atoms with van der Waals surface area (Å²) < 4.78 is 0. The number of hydrogen-bond donors (Lipinski definition) is 0. The summed E-state index contributed by atoms with van der Waals surface area (Å²) in [5.41, 5.74) is 2.73. The summed E-state index contributed by atoms with van der Waals surface area (Å²) in [5, 5.41) is 0. The maximum Gasteiger partial charge on any atom is -0.0165 e. The van der Waals surface area contributed by atoms with Gasteiger partial charge < -0.3 is 0 Å². The third-order valence-corrected chi connectivity index (χ3v) is 5.97.